The molecule has 2 heteroatoms. The van der Waals surface area contributed by atoms with Gasteiger partial charge in [0, 0.05) is 5.92 Å². The van der Waals surface area contributed by atoms with Crippen molar-refractivity contribution in [3.05, 3.63) is 0 Å². The normalized spacial score (nSPS) is 53.4. The van der Waals surface area contributed by atoms with Gasteiger partial charge in [-0.05, 0) is 104 Å². The van der Waals surface area contributed by atoms with Gasteiger partial charge in [-0.3, -0.25) is 0 Å². The van der Waals surface area contributed by atoms with Crippen LogP contribution in [0.1, 0.15) is 92.4 Å². The number of carbonyl (C=O) groups excluding carboxylic acids is 1. The largest absolute Gasteiger partial charge is 0.390 e. The fraction of sp³-hybridized carbons (Fsp3) is 0.960. The summed E-state index contributed by atoms with van der Waals surface area (Å²) in [6, 6.07) is 0. The van der Waals surface area contributed by atoms with E-state index in [9.17, 15) is 9.90 Å². The molecule has 0 bridgehead atoms. The second-order valence-electron chi connectivity index (χ2n) is 11.8. The number of hydrogen-bond acceptors (Lipinski definition) is 2. The van der Waals surface area contributed by atoms with Gasteiger partial charge in [0.05, 0.1) is 5.60 Å². The van der Waals surface area contributed by atoms with Crippen molar-refractivity contribution in [2.45, 2.75) is 98.0 Å². The summed E-state index contributed by atoms with van der Waals surface area (Å²) in [4.78, 5) is 11.5. The molecule has 2 nitrogen and oxygen atoms in total. The fourth-order valence-corrected chi connectivity index (χ4v) is 8.80. The fourth-order valence-electron chi connectivity index (χ4n) is 8.80. The molecule has 4 rings (SSSR count). The van der Waals surface area contributed by atoms with Crippen LogP contribution >= 0.6 is 0 Å². The van der Waals surface area contributed by atoms with Crippen molar-refractivity contribution in [1.29, 1.82) is 0 Å². The zero-order chi connectivity index (χ0) is 19.6. The molecular weight excluding hydrogens is 332 g/mol. The van der Waals surface area contributed by atoms with Crippen LogP contribution in [0, 0.1) is 52.3 Å². The molecule has 0 aliphatic heterocycles. The number of aliphatic hydroxyl groups is 1. The van der Waals surface area contributed by atoms with Crippen molar-refractivity contribution >= 4 is 6.29 Å². The molecule has 4 aliphatic carbocycles. The molecule has 0 aromatic carbocycles. The van der Waals surface area contributed by atoms with E-state index in [0.29, 0.717) is 28.6 Å². The Kier molecular flexibility index (Phi) is 4.85. The predicted molar refractivity (Wildman–Crippen MR) is 110 cm³/mol. The van der Waals surface area contributed by atoms with Crippen LogP contribution in [0.2, 0.25) is 0 Å². The Balaban J connectivity index is 1.57. The van der Waals surface area contributed by atoms with Crippen LogP contribution in [0.5, 0.6) is 0 Å². The number of fused-ring (bicyclic) bond motifs is 5. The molecule has 0 heterocycles. The lowest BCUT2D eigenvalue weighted by molar-refractivity contribution is -0.162. The van der Waals surface area contributed by atoms with Crippen molar-refractivity contribution in [2.75, 3.05) is 0 Å². The molecule has 4 fully saturated rings. The van der Waals surface area contributed by atoms with Gasteiger partial charge in [0.25, 0.3) is 0 Å². The third-order valence-corrected chi connectivity index (χ3v) is 10.8. The van der Waals surface area contributed by atoms with E-state index in [1.54, 1.807) is 0 Å². The summed E-state index contributed by atoms with van der Waals surface area (Å²) in [7, 11) is 0. The highest BCUT2D eigenvalue weighted by molar-refractivity contribution is 5.53. The number of hydrogen-bond donors (Lipinski definition) is 1. The molecule has 0 aromatic heterocycles. The zero-order valence-corrected chi connectivity index (χ0v) is 18.3. The smallest absolute Gasteiger partial charge is 0.123 e. The summed E-state index contributed by atoms with van der Waals surface area (Å²) in [5.74, 6) is 4.43. The minimum absolute atomic E-state index is 0.221. The molecule has 0 aromatic rings. The van der Waals surface area contributed by atoms with Crippen molar-refractivity contribution in [3.8, 4) is 0 Å². The van der Waals surface area contributed by atoms with Gasteiger partial charge >= 0.3 is 0 Å². The van der Waals surface area contributed by atoms with Gasteiger partial charge in [-0.15, -0.1) is 0 Å². The molecule has 0 unspecified atom stereocenters. The van der Waals surface area contributed by atoms with Crippen molar-refractivity contribution in [2.24, 2.45) is 52.3 Å². The topological polar surface area (TPSA) is 37.3 Å². The van der Waals surface area contributed by atoms with Crippen LogP contribution in [0.4, 0.5) is 0 Å². The summed E-state index contributed by atoms with van der Waals surface area (Å²) in [6.45, 7) is 11.7. The molecule has 154 valence electrons. The Morgan fingerprint density at radius 2 is 1.59 bits per heavy atom. The van der Waals surface area contributed by atoms with Crippen LogP contribution in [-0.2, 0) is 4.79 Å². The van der Waals surface area contributed by atoms with Crippen LogP contribution in [0.3, 0.4) is 0 Å². The van der Waals surface area contributed by atoms with Crippen LogP contribution in [0.25, 0.3) is 0 Å². The van der Waals surface area contributed by atoms with Gasteiger partial charge in [0.1, 0.15) is 6.29 Å². The first-order chi connectivity index (χ1) is 12.7. The van der Waals surface area contributed by atoms with E-state index in [1.807, 2.05) is 0 Å². The number of carbonyl (C=O) groups is 1. The highest BCUT2D eigenvalue weighted by Crippen LogP contribution is 2.68. The molecule has 0 saturated heterocycles. The Morgan fingerprint density at radius 1 is 0.889 bits per heavy atom. The zero-order valence-electron chi connectivity index (χ0n) is 18.3. The first-order valence-electron chi connectivity index (χ1n) is 11.8. The average molecular weight is 375 g/mol. The lowest BCUT2D eigenvalue weighted by atomic mass is 9.43. The van der Waals surface area contributed by atoms with Crippen LogP contribution < -0.4 is 0 Å². The SMILES string of the molecule is CC(C)[C@@]1(O)CC[C@@]2(C)[C@H](CC[C@@H]3[C@@H]2CC[C@]2(C)[C@@H]([C@H](C)C=O)CC[C@@H]32)C1. The van der Waals surface area contributed by atoms with E-state index >= 15 is 0 Å². The van der Waals surface area contributed by atoms with Crippen molar-refractivity contribution < 1.29 is 9.90 Å². The van der Waals surface area contributed by atoms with E-state index < -0.39 is 5.60 Å². The first kappa shape index (κ1) is 19.9. The molecule has 0 amide bonds. The highest BCUT2D eigenvalue weighted by atomic mass is 16.3. The van der Waals surface area contributed by atoms with Crippen LogP contribution in [0.15, 0.2) is 0 Å². The van der Waals surface area contributed by atoms with E-state index in [0.717, 1.165) is 30.6 Å². The van der Waals surface area contributed by atoms with Crippen LogP contribution in [-0.4, -0.2) is 17.0 Å². The Bertz CT molecular complexity index is 585. The minimum atomic E-state index is -0.432. The third-order valence-electron chi connectivity index (χ3n) is 10.8. The molecule has 1 N–H and O–H groups in total. The standard InChI is InChI=1S/C25H42O2/c1-16(2)25(27)13-12-23(4)18(14-25)6-7-19-21-9-8-20(17(3)15-26)24(21,5)11-10-22(19)23/h15-22,27H,6-14H2,1-5H3/t17-,18-,19+,20-,21+,22+,23+,24-,25-/m1/s1. The minimum Gasteiger partial charge on any atom is -0.390 e. The van der Waals surface area contributed by atoms with Crippen molar-refractivity contribution in [3.63, 3.8) is 0 Å². The van der Waals surface area contributed by atoms with Gasteiger partial charge in [-0.1, -0.05) is 34.6 Å². The molecule has 4 aliphatic rings. The molecule has 0 spiro atoms. The second kappa shape index (κ2) is 6.57. The second-order valence-corrected chi connectivity index (χ2v) is 11.8. The maximum absolute atomic E-state index is 11.5. The van der Waals surface area contributed by atoms with E-state index in [1.165, 1.54) is 51.2 Å². The Labute approximate surface area is 166 Å². The first-order valence-corrected chi connectivity index (χ1v) is 11.8. The number of aldehydes is 1. The van der Waals surface area contributed by atoms with Gasteiger partial charge in [-0.25, -0.2) is 0 Å². The summed E-state index contributed by atoms with van der Waals surface area (Å²) in [5.41, 5.74) is 0.385. The number of rotatable bonds is 3. The van der Waals surface area contributed by atoms with E-state index in [-0.39, 0.29) is 5.92 Å². The van der Waals surface area contributed by atoms with E-state index in [2.05, 4.69) is 34.6 Å². The maximum Gasteiger partial charge on any atom is 0.123 e. The summed E-state index contributed by atoms with van der Waals surface area (Å²) in [5, 5.41) is 11.2. The Hall–Kier alpha value is -0.370. The molecule has 0 radical (unpaired) electrons. The highest BCUT2D eigenvalue weighted by Gasteiger charge is 2.61. The predicted octanol–water partition coefficient (Wildman–Crippen LogP) is 5.87. The molecule has 9 atom stereocenters. The molecule has 27 heavy (non-hydrogen) atoms. The lowest BCUT2D eigenvalue weighted by Gasteiger charge is -2.62. The maximum atomic E-state index is 11.5. The van der Waals surface area contributed by atoms with Crippen molar-refractivity contribution in [1.82, 2.24) is 0 Å². The average Bonchev–Trinajstić information content (AvgIpc) is 2.99. The van der Waals surface area contributed by atoms with Gasteiger partial charge in [0.15, 0.2) is 0 Å². The van der Waals surface area contributed by atoms with Gasteiger partial charge < -0.3 is 9.90 Å². The quantitative estimate of drug-likeness (QED) is 0.627. The van der Waals surface area contributed by atoms with Gasteiger partial charge in [0.2, 0.25) is 0 Å². The summed E-state index contributed by atoms with van der Waals surface area (Å²) in [6.07, 6.45) is 12.4. The monoisotopic (exact) mass is 374 g/mol. The van der Waals surface area contributed by atoms with Gasteiger partial charge in [-0.2, -0.15) is 0 Å². The lowest BCUT2D eigenvalue weighted by Crippen LogP contribution is -2.57. The summed E-state index contributed by atoms with van der Waals surface area (Å²) >= 11 is 0. The molecular formula is C25H42O2. The van der Waals surface area contributed by atoms with E-state index in [4.69, 9.17) is 0 Å². The molecule has 4 saturated carbocycles. The third kappa shape index (κ3) is 2.79. The Morgan fingerprint density at radius 3 is 2.26 bits per heavy atom. The summed E-state index contributed by atoms with van der Waals surface area (Å²) < 4.78 is 0.